The Morgan fingerprint density at radius 2 is 1.65 bits per heavy atom. The molecule has 0 unspecified atom stereocenters. The first-order valence-electron chi connectivity index (χ1n) is 9.39. The molecule has 4 rings (SSSR count). The van der Waals surface area contributed by atoms with Gasteiger partial charge in [0.2, 0.25) is 11.9 Å². The van der Waals surface area contributed by atoms with Crippen molar-refractivity contribution in [1.82, 2.24) is 14.9 Å². The molecule has 2 amide bonds. The molecule has 0 bridgehead atoms. The van der Waals surface area contributed by atoms with Crippen LogP contribution in [0.15, 0.2) is 42.5 Å². The summed E-state index contributed by atoms with van der Waals surface area (Å²) in [6.07, 6.45) is -4.78. The third kappa shape index (κ3) is 4.55. The van der Waals surface area contributed by atoms with Crippen molar-refractivity contribution >= 4 is 28.8 Å². The molecule has 2 aromatic carbocycles. The van der Waals surface area contributed by atoms with Crippen molar-refractivity contribution in [3.63, 3.8) is 0 Å². The third-order valence-corrected chi connectivity index (χ3v) is 4.96. The highest BCUT2D eigenvalue weighted by Crippen LogP contribution is 2.24. The van der Waals surface area contributed by atoms with E-state index in [1.165, 1.54) is 12.1 Å². The number of hydrogen-bond acceptors (Lipinski definition) is 5. The van der Waals surface area contributed by atoms with Crippen LogP contribution in [0.4, 0.5) is 19.1 Å². The van der Waals surface area contributed by atoms with Gasteiger partial charge in [0.25, 0.3) is 5.91 Å². The number of imidazole rings is 1. The SMILES string of the molecule is NC(=O)c1ccc2[nH]c(N3CCN(C(=O)c4ccc(OC(F)(F)F)cc4)CC3)nc2c1. The predicted octanol–water partition coefficient (Wildman–Crippen LogP) is 2.52. The van der Waals surface area contributed by atoms with Gasteiger partial charge >= 0.3 is 6.36 Å². The fourth-order valence-electron chi connectivity index (χ4n) is 3.40. The minimum absolute atomic E-state index is 0.270. The van der Waals surface area contributed by atoms with Crippen molar-refractivity contribution in [3.05, 3.63) is 53.6 Å². The summed E-state index contributed by atoms with van der Waals surface area (Å²) in [6.45, 7) is 1.87. The number of nitrogens with one attached hydrogen (secondary N) is 1. The summed E-state index contributed by atoms with van der Waals surface area (Å²) < 4.78 is 40.6. The van der Waals surface area contributed by atoms with E-state index in [1.807, 2.05) is 4.90 Å². The van der Waals surface area contributed by atoms with E-state index in [0.717, 1.165) is 17.6 Å². The van der Waals surface area contributed by atoms with Gasteiger partial charge in [0.05, 0.1) is 11.0 Å². The molecular formula is C20H18F3N5O3. The molecule has 0 saturated carbocycles. The van der Waals surface area contributed by atoms with Gasteiger partial charge in [-0.2, -0.15) is 0 Å². The summed E-state index contributed by atoms with van der Waals surface area (Å²) in [7, 11) is 0. The Bertz CT molecular complexity index is 1120. The zero-order valence-corrected chi connectivity index (χ0v) is 16.1. The molecule has 0 spiro atoms. The van der Waals surface area contributed by atoms with Crippen LogP contribution in [-0.2, 0) is 0 Å². The normalized spacial score (nSPS) is 14.7. The second kappa shape index (κ2) is 7.82. The van der Waals surface area contributed by atoms with E-state index in [0.29, 0.717) is 43.2 Å². The van der Waals surface area contributed by atoms with Crippen molar-refractivity contribution < 1.29 is 27.5 Å². The highest BCUT2D eigenvalue weighted by atomic mass is 19.4. The number of primary amides is 1. The number of ether oxygens (including phenoxy) is 1. The molecular weight excluding hydrogens is 415 g/mol. The maximum Gasteiger partial charge on any atom is 0.573 e. The van der Waals surface area contributed by atoms with Crippen LogP contribution < -0.4 is 15.4 Å². The van der Waals surface area contributed by atoms with E-state index in [-0.39, 0.29) is 17.2 Å². The molecule has 0 atom stereocenters. The number of H-pyrrole nitrogens is 1. The number of aromatic amines is 1. The van der Waals surface area contributed by atoms with Gasteiger partial charge in [-0.15, -0.1) is 13.2 Å². The fourth-order valence-corrected chi connectivity index (χ4v) is 3.40. The minimum Gasteiger partial charge on any atom is -0.406 e. The minimum atomic E-state index is -4.78. The van der Waals surface area contributed by atoms with Gasteiger partial charge in [0, 0.05) is 37.3 Å². The molecule has 1 saturated heterocycles. The number of rotatable bonds is 4. The van der Waals surface area contributed by atoms with Gasteiger partial charge in [0.1, 0.15) is 5.75 Å². The lowest BCUT2D eigenvalue weighted by molar-refractivity contribution is -0.274. The van der Waals surface area contributed by atoms with Crippen LogP contribution in [0, 0.1) is 0 Å². The number of carbonyl (C=O) groups is 2. The van der Waals surface area contributed by atoms with Crippen LogP contribution in [0.1, 0.15) is 20.7 Å². The van der Waals surface area contributed by atoms with Crippen LogP contribution in [-0.4, -0.2) is 59.2 Å². The molecule has 1 aromatic heterocycles. The first-order valence-corrected chi connectivity index (χ1v) is 9.39. The molecule has 2 heterocycles. The van der Waals surface area contributed by atoms with E-state index in [1.54, 1.807) is 23.1 Å². The summed E-state index contributed by atoms with van der Waals surface area (Å²) in [6, 6.07) is 9.82. The van der Waals surface area contributed by atoms with Crippen molar-refractivity contribution in [2.75, 3.05) is 31.1 Å². The zero-order chi connectivity index (χ0) is 22.2. The number of fused-ring (bicyclic) bond motifs is 1. The fraction of sp³-hybridized carbons (Fsp3) is 0.250. The second-order valence-electron chi connectivity index (χ2n) is 7.01. The van der Waals surface area contributed by atoms with E-state index in [4.69, 9.17) is 5.73 Å². The Hall–Kier alpha value is -3.76. The topological polar surface area (TPSA) is 105 Å². The standard InChI is InChI=1S/C20H18F3N5O3/c21-20(22,23)31-14-4-1-12(2-5-14)18(30)27-7-9-28(10-8-27)19-25-15-6-3-13(17(24)29)11-16(15)26-19/h1-6,11H,7-10H2,(H2,24,29)(H,25,26). The van der Waals surface area contributed by atoms with Gasteiger partial charge in [-0.05, 0) is 42.5 Å². The number of nitrogens with two attached hydrogens (primary N) is 1. The number of aromatic nitrogens is 2. The number of piperazine rings is 1. The molecule has 3 aromatic rings. The molecule has 1 fully saturated rings. The Labute approximate surface area is 174 Å². The molecule has 3 N–H and O–H groups in total. The quantitative estimate of drug-likeness (QED) is 0.658. The Morgan fingerprint density at radius 3 is 2.26 bits per heavy atom. The molecule has 11 heteroatoms. The largest absolute Gasteiger partial charge is 0.573 e. The van der Waals surface area contributed by atoms with E-state index in [2.05, 4.69) is 14.7 Å². The maximum absolute atomic E-state index is 12.7. The van der Waals surface area contributed by atoms with Crippen molar-refractivity contribution in [3.8, 4) is 5.75 Å². The van der Waals surface area contributed by atoms with Gasteiger partial charge in [-0.1, -0.05) is 0 Å². The molecule has 1 aliphatic rings. The number of anilines is 1. The monoisotopic (exact) mass is 433 g/mol. The second-order valence-corrected chi connectivity index (χ2v) is 7.01. The van der Waals surface area contributed by atoms with Crippen molar-refractivity contribution in [2.24, 2.45) is 5.73 Å². The lowest BCUT2D eigenvalue weighted by Gasteiger charge is -2.34. The molecule has 31 heavy (non-hydrogen) atoms. The zero-order valence-electron chi connectivity index (χ0n) is 16.1. The van der Waals surface area contributed by atoms with Crippen LogP contribution in [0.3, 0.4) is 0 Å². The number of alkyl halides is 3. The summed E-state index contributed by atoms with van der Waals surface area (Å²) in [5.41, 5.74) is 7.33. The lowest BCUT2D eigenvalue weighted by Crippen LogP contribution is -2.49. The lowest BCUT2D eigenvalue weighted by atomic mass is 10.1. The Morgan fingerprint density at radius 1 is 1.00 bits per heavy atom. The van der Waals surface area contributed by atoms with Gasteiger partial charge in [-0.3, -0.25) is 9.59 Å². The first-order chi connectivity index (χ1) is 14.7. The number of nitrogens with zero attached hydrogens (tertiary/aromatic N) is 3. The average molecular weight is 433 g/mol. The summed E-state index contributed by atoms with van der Waals surface area (Å²) in [5, 5.41) is 0. The van der Waals surface area contributed by atoms with Gasteiger partial charge in [-0.25, -0.2) is 4.98 Å². The van der Waals surface area contributed by atoms with Crippen LogP contribution in [0.2, 0.25) is 0 Å². The van der Waals surface area contributed by atoms with Crippen molar-refractivity contribution in [2.45, 2.75) is 6.36 Å². The molecule has 1 aliphatic heterocycles. The number of hydrogen-bond donors (Lipinski definition) is 2. The first kappa shape index (κ1) is 20.5. The van der Waals surface area contributed by atoms with Crippen LogP contribution in [0.25, 0.3) is 11.0 Å². The van der Waals surface area contributed by atoms with Crippen LogP contribution in [0.5, 0.6) is 5.75 Å². The molecule has 162 valence electrons. The van der Waals surface area contributed by atoms with E-state index < -0.39 is 12.3 Å². The predicted molar refractivity (Wildman–Crippen MR) is 106 cm³/mol. The highest BCUT2D eigenvalue weighted by molar-refractivity contribution is 5.96. The molecule has 0 radical (unpaired) electrons. The summed E-state index contributed by atoms with van der Waals surface area (Å²) >= 11 is 0. The maximum atomic E-state index is 12.7. The van der Waals surface area contributed by atoms with Gasteiger partial charge < -0.3 is 25.3 Å². The average Bonchev–Trinajstić information content (AvgIpc) is 3.16. The highest BCUT2D eigenvalue weighted by Gasteiger charge is 2.31. The van der Waals surface area contributed by atoms with Gasteiger partial charge in [0.15, 0.2) is 0 Å². The Balaban J connectivity index is 1.39. The number of benzene rings is 2. The van der Waals surface area contributed by atoms with E-state index in [9.17, 15) is 22.8 Å². The van der Waals surface area contributed by atoms with Crippen LogP contribution >= 0.6 is 0 Å². The smallest absolute Gasteiger partial charge is 0.406 e. The number of carbonyl (C=O) groups excluding carboxylic acids is 2. The Kier molecular flexibility index (Phi) is 5.17. The third-order valence-electron chi connectivity index (χ3n) is 4.96. The number of halogens is 3. The summed E-state index contributed by atoms with van der Waals surface area (Å²) in [4.78, 5) is 35.3. The molecule has 8 nitrogen and oxygen atoms in total. The van der Waals surface area contributed by atoms with Crippen molar-refractivity contribution in [1.29, 1.82) is 0 Å². The molecule has 0 aliphatic carbocycles. The number of amides is 2. The summed E-state index contributed by atoms with van der Waals surface area (Å²) in [5.74, 6) is -0.555. The van der Waals surface area contributed by atoms with E-state index >= 15 is 0 Å².